The maximum atomic E-state index is 12.8. The van der Waals surface area contributed by atoms with Crippen LogP contribution in [-0.4, -0.2) is 36.5 Å². The van der Waals surface area contributed by atoms with Gasteiger partial charge in [-0.25, -0.2) is 0 Å². The first-order valence-electron chi connectivity index (χ1n) is 7.41. The van der Waals surface area contributed by atoms with Gasteiger partial charge in [-0.3, -0.25) is 4.79 Å². The average molecular weight is 331 g/mol. The number of hydrogen-bond donors (Lipinski definition) is 1. The van der Waals surface area contributed by atoms with E-state index in [2.05, 4.69) is 17.1 Å². The molecule has 118 valence electrons. The normalized spacial score (nSPS) is 15.4. The highest BCUT2D eigenvalue weighted by Crippen LogP contribution is 2.20. The minimum atomic E-state index is 0. The second-order valence-electron chi connectivity index (χ2n) is 5.44. The Hall–Kier alpha value is -0.770. The molecule has 0 unspecified atom stereocenters. The van der Waals surface area contributed by atoms with Crippen LogP contribution in [-0.2, 0) is 0 Å². The van der Waals surface area contributed by atoms with Gasteiger partial charge in [-0.05, 0) is 63.0 Å². The predicted molar refractivity (Wildman–Crippen MR) is 90.7 cm³/mol. The summed E-state index contributed by atoms with van der Waals surface area (Å²) in [7, 11) is 0. The van der Waals surface area contributed by atoms with E-state index in [9.17, 15) is 4.79 Å². The third-order valence-electron chi connectivity index (χ3n) is 3.89. The molecule has 21 heavy (non-hydrogen) atoms. The van der Waals surface area contributed by atoms with Gasteiger partial charge in [0.2, 0.25) is 0 Å². The summed E-state index contributed by atoms with van der Waals surface area (Å²) in [5.74, 6) is 0.146. The molecule has 2 rings (SSSR count). The van der Waals surface area contributed by atoms with Crippen LogP contribution in [0.1, 0.15) is 42.1 Å². The van der Waals surface area contributed by atoms with Gasteiger partial charge in [0, 0.05) is 23.2 Å². The van der Waals surface area contributed by atoms with Crippen molar-refractivity contribution in [1.82, 2.24) is 10.2 Å². The summed E-state index contributed by atoms with van der Waals surface area (Å²) < 4.78 is 0. The quantitative estimate of drug-likeness (QED) is 0.913. The van der Waals surface area contributed by atoms with Gasteiger partial charge < -0.3 is 10.2 Å². The van der Waals surface area contributed by atoms with Gasteiger partial charge in [-0.2, -0.15) is 0 Å². The molecule has 1 N–H and O–H groups in total. The monoisotopic (exact) mass is 330 g/mol. The van der Waals surface area contributed by atoms with Crippen molar-refractivity contribution in [1.29, 1.82) is 0 Å². The van der Waals surface area contributed by atoms with Gasteiger partial charge in [-0.15, -0.1) is 12.4 Å². The van der Waals surface area contributed by atoms with Gasteiger partial charge in [0.15, 0.2) is 0 Å². The summed E-state index contributed by atoms with van der Waals surface area (Å²) in [5, 5.41) is 4.04. The lowest BCUT2D eigenvalue weighted by atomic mass is 10.0. The van der Waals surface area contributed by atoms with Gasteiger partial charge in [0.05, 0.1) is 0 Å². The fourth-order valence-corrected chi connectivity index (χ4v) is 3.06. The molecule has 5 heteroatoms. The Labute approximate surface area is 138 Å². The fourth-order valence-electron chi connectivity index (χ4n) is 2.83. The molecule has 0 atom stereocenters. The van der Waals surface area contributed by atoms with Crippen molar-refractivity contribution in [3.63, 3.8) is 0 Å². The summed E-state index contributed by atoms with van der Waals surface area (Å²) >= 11 is 5.98. The fraction of sp³-hybridized carbons (Fsp3) is 0.562. The van der Waals surface area contributed by atoms with Crippen LogP contribution < -0.4 is 5.32 Å². The number of nitrogens with one attached hydrogen (secondary N) is 1. The first kappa shape index (κ1) is 18.3. The zero-order chi connectivity index (χ0) is 14.5. The Morgan fingerprint density at radius 2 is 2.05 bits per heavy atom. The van der Waals surface area contributed by atoms with Gasteiger partial charge >= 0.3 is 0 Å². The molecule has 1 aliphatic rings. The molecule has 1 saturated heterocycles. The lowest BCUT2D eigenvalue weighted by molar-refractivity contribution is 0.0642. The number of halogens is 2. The number of hydrogen-bond acceptors (Lipinski definition) is 2. The Morgan fingerprint density at radius 1 is 1.38 bits per heavy atom. The molecule has 0 aliphatic carbocycles. The van der Waals surface area contributed by atoms with Crippen molar-refractivity contribution in [2.75, 3.05) is 19.6 Å². The highest BCUT2D eigenvalue weighted by atomic mass is 35.5. The van der Waals surface area contributed by atoms with Crippen molar-refractivity contribution >= 4 is 29.9 Å². The van der Waals surface area contributed by atoms with Gasteiger partial charge in [0.1, 0.15) is 0 Å². The summed E-state index contributed by atoms with van der Waals surface area (Å²) in [6, 6.07) is 5.87. The first-order valence-corrected chi connectivity index (χ1v) is 7.79. The summed E-state index contributed by atoms with van der Waals surface area (Å²) in [6.07, 6.45) is 3.07. The van der Waals surface area contributed by atoms with E-state index in [4.69, 9.17) is 11.6 Å². The zero-order valence-electron chi connectivity index (χ0n) is 12.7. The van der Waals surface area contributed by atoms with Crippen LogP contribution in [0.3, 0.4) is 0 Å². The molecule has 1 heterocycles. The van der Waals surface area contributed by atoms with E-state index in [1.165, 1.54) is 0 Å². The highest BCUT2D eigenvalue weighted by molar-refractivity contribution is 6.30. The van der Waals surface area contributed by atoms with Crippen molar-refractivity contribution in [2.24, 2.45) is 0 Å². The number of aryl methyl sites for hydroxylation is 1. The van der Waals surface area contributed by atoms with Crippen molar-refractivity contribution in [3.8, 4) is 0 Å². The Kier molecular flexibility index (Phi) is 7.50. The molecule has 1 aromatic rings. The van der Waals surface area contributed by atoms with Crippen LogP contribution >= 0.6 is 24.0 Å². The molecule has 0 radical (unpaired) electrons. The van der Waals surface area contributed by atoms with Gasteiger partial charge in [-0.1, -0.05) is 18.5 Å². The van der Waals surface area contributed by atoms with E-state index in [1.54, 1.807) is 6.07 Å². The smallest absolute Gasteiger partial charge is 0.254 e. The molecule has 0 saturated carbocycles. The minimum absolute atomic E-state index is 0. The summed E-state index contributed by atoms with van der Waals surface area (Å²) in [6.45, 7) is 6.89. The summed E-state index contributed by atoms with van der Waals surface area (Å²) in [5.41, 5.74) is 1.74. The first-order chi connectivity index (χ1) is 9.63. The van der Waals surface area contributed by atoms with E-state index < -0.39 is 0 Å². The summed E-state index contributed by atoms with van der Waals surface area (Å²) in [4.78, 5) is 14.9. The number of benzene rings is 1. The highest BCUT2D eigenvalue weighted by Gasteiger charge is 2.26. The molecular formula is C16H24Cl2N2O. The molecule has 1 aliphatic heterocycles. The maximum Gasteiger partial charge on any atom is 0.254 e. The van der Waals surface area contributed by atoms with Crippen molar-refractivity contribution in [2.45, 2.75) is 39.2 Å². The Balaban J connectivity index is 0.00000220. The number of piperidine rings is 1. The Bertz CT molecular complexity index is 473. The van der Waals surface area contributed by atoms with Crippen molar-refractivity contribution < 1.29 is 4.79 Å². The second kappa shape index (κ2) is 8.62. The average Bonchev–Trinajstić information content (AvgIpc) is 2.45. The SMILES string of the molecule is CCCN(C(=O)c1ccc(Cl)cc1C)C1CCNCC1.Cl. The molecule has 1 fully saturated rings. The standard InChI is InChI=1S/C16H23ClN2O.ClH/c1-3-10-19(14-6-8-18-9-7-14)16(20)15-5-4-13(17)11-12(15)2;/h4-5,11,14,18H,3,6-10H2,1-2H3;1H. The third kappa shape index (κ3) is 4.60. The molecule has 1 aromatic carbocycles. The molecule has 3 nitrogen and oxygen atoms in total. The van der Waals surface area contributed by atoms with Gasteiger partial charge in [0.25, 0.3) is 5.91 Å². The molecule has 1 amide bonds. The van der Waals surface area contributed by atoms with Crippen LogP contribution in [0.25, 0.3) is 0 Å². The Morgan fingerprint density at radius 3 is 2.62 bits per heavy atom. The van der Waals surface area contributed by atoms with Crippen LogP contribution in [0.4, 0.5) is 0 Å². The third-order valence-corrected chi connectivity index (χ3v) is 4.13. The van der Waals surface area contributed by atoms with Crippen LogP contribution in [0.2, 0.25) is 5.02 Å². The lowest BCUT2D eigenvalue weighted by Gasteiger charge is -2.35. The van der Waals surface area contributed by atoms with Crippen LogP contribution in [0, 0.1) is 6.92 Å². The van der Waals surface area contributed by atoms with E-state index in [-0.39, 0.29) is 18.3 Å². The number of carbonyl (C=O) groups is 1. The van der Waals surface area contributed by atoms with Crippen LogP contribution in [0.15, 0.2) is 18.2 Å². The molecule has 0 aromatic heterocycles. The number of amides is 1. The predicted octanol–water partition coefficient (Wildman–Crippen LogP) is 3.67. The lowest BCUT2D eigenvalue weighted by Crippen LogP contribution is -2.46. The number of rotatable bonds is 4. The minimum Gasteiger partial charge on any atom is -0.336 e. The van der Waals surface area contributed by atoms with E-state index in [0.29, 0.717) is 11.1 Å². The zero-order valence-corrected chi connectivity index (χ0v) is 14.3. The molecular weight excluding hydrogens is 307 g/mol. The van der Waals surface area contributed by atoms with E-state index >= 15 is 0 Å². The number of carbonyl (C=O) groups excluding carboxylic acids is 1. The number of nitrogens with zero attached hydrogens (tertiary/aromatic N) is 1. The molecule has 0 spiro atoms. The topological polar surface area (TPSA) is 32.3 Å². The largest absolute Gasteiger partial charge is 0.336 e. The molecule has 0 bridgehead atoms. The van der Waals surface area contributed by atoms with E-state index in [0.717, 1.165) is 50.0 Å². The van der Waals surface area contributed by atoms with E-state index in [1.807, 2.05) is 19.1 Å². The van der Waals surface area contributed by atoms with Crippen LogP contribution in [0.5, 0.6) is 0 Å². The second-order valence-corrected chi connectivity index (χ2v) is 5.88. The van der Waals surface area contributed by atoms with Crippen molar-refractivity contribution in [3.05, 3.63) is 34.3 Å². The maximum absolute atomic E-state index is 12.8.